The zero-order chi connectivity index (χ0) is 10.3. The van der Waals surface area contributed by atoms with E-state index >= 15 is 0 Å². The predicted octanol–water partition coefficient (Wildman–Crippen LogP) is 2.88. The molecular weight excluding hydrogens is 174 g/mol. The number of rotatable bonds is 2. The van der Waals surface area contributed by atoms with Gasteiger partial charge in [-0.1, -0.05) is 20.8 Å². The van der Waals surface area contributed by atoms with Crippen LogP contribution in [0.3, 0.4) is 0 Å². The minimum atomic E-state index is 0.269. The molecule has 2 rings (SSSR count). The molecule has 0 aromatic carbocycles. The molecule has 1 aromatic heterocycles. The highest BCUT2D eigenvalue weighted by molar-refractivity contribution is 5.99. The fourth-order valence-corrected chi connectivity index (χ4v) is 2.13. The molecule has 2 unspecified atom stereocenters. The lowest BCUT2D eigenvalue weighted by Gasteiger charge is -2.17. The van der Waals surface area contributed by atoms with Crippen molar-refractivity contribution in [2.45, 2.75) is 27.2 Å². The lowest BCUT2D eigenvalue weighted by Crippen LogP contribution is -2.13. The van der Waals surface area contributed by atoms with Gasteiger partial charge in [0.1, 0.15) is 0 Å². The molecule has 0 saturated heterocycles. The van der Waals surface area contributed by atoms with Crippen molar-refractivity contribution in [1.29, 1.82) is 0 Å². The van der Waals surface area contributed by atoms with Crippen LogP contribution in [0.2, 0.25) is 0 Å². The van der Waals surface area contributed by atoms with Gasteiger partial charge in [0.15, 0.2) is 5.78 Å². The summed E-state index contributed by atoms with van der Waals surface area (Å²) < 4.78 is 0. The Bertz CT molecular complexity index is 332. The molecule has 76 valence electrons. The van der Waals surface area contributed by atoms with Crippen LogP contribution in [0.25, 0.3) is 0 Å². The van der Waals surface area contributed by atoms with Crippen LogP contribution >= 0.6 is 0 Å². The number of carbonyl (C=O) groups is 1. The number of H-pyrrole nitrogens is 1. The molecule has 0 spiro atoms. The van der Waals surface area contributed by atoms with Crippen molar-refractivity contribution >= 4 is 5.78 Å². The van der Waals surface area contributed by atoms with Crippen molar-refractivity contribution in [2.24, 2.45) is 17.3 Å². The van der Waals surface area contributed by atoms with E-state index in [4.69, 9.17) is 0 Å². The van der Waals surface area contributed by atoms with Gasteiger partial charge in [-0.05, 0) is 23.8 Å². The first kappa shape index (κ1) is 9.50. The monoisotopic (exact) mass is 191 g/mol. The van der Waals surface area contributed by atoms with Gasteiger partial charge in [0.05, 0.1) is 0 Å². The number of ketones is 1. The summed E-state index contributed by atoms with van der Waals surface area (Å²) in [4.78, 5) is 14.8. The number of nitrogens with one attached hydrogen (secondary N) is 1. The SMILES string of the molecule is CC(C)(C)C1CC1C(=O)c1cc[nH]c1. The van der Waals surface area contributed by atoms with Crippen LogP contribution in [0.1, 0.15) is 37.6 Å². The summed E-state index contributed by atoms with van der Waals surface area (Å²) >= 11 is 0. The van der Waals surface area contributed by atoms with E-state index in [1.165, 1.54) is 0 Å². The Morgan fingerprint density at radius 1 is 1.50 bits per heavy atom. The molecule has 0 aliphatic heterocycles. The average Bonchev–Trinajstić information content (AvgIpc) is 2.72. The van der Waals surface area contributed by atoms with Crippen LogP contribution < -0.4 is 0 Å². The van der Waals surface area contributed by atoms with Crippen molar-refractivity contribution in [3.05, 3.63) is 24.0 Å². The second-order valence-electron chi connectivity index (χ2n) is 5.28. The molecule has 1 saturated carbocycles. The second kappa shape index (κ2) is 2.97. The molecule has 0 radical (unpaired) electrons. The number of carbonyl (C=O) groups excluding carboxylic acids is 1. The minimum Gasteiger partial charge on any atom is -0.367 e. The second-order valence-corrected chi connectivity index (χ2v) is 5.28. The number of aromatic nitrogens is 1. The standard InChI is InChI=1S/C12H17NO/c1-12(2,3)10-6-9(10)11(14)8-4-5-13-7-8/h4-5,7,9-10,13H,6H2,1-3H3. The number of hydrogen-bond acceptors (Lipinski definition) is 1. The molecule has 1 aromatic rings. The first-order valence-electron chi connectivity index (χ1n) is 5.17. The Hall–Kier alpha value is -1.05. The van der Waals surface area contributed by atoms with E-state index in [-0.39, 0.29) is 11.3 Å². The van der Waals surface area contributed by atoms with Crippen molar-refractivity contribution < 1.29 is 4.79 Å². The number of hydrogen-bond donors (Lipinski definition) is 1. The summed E-state index contributed by atoms with van der Waals surface area (Å²) in [7, 11) is 0. The normalized spacial score (nSPS) is 26.2. The van der Waals surface area contributed by atoms with Crippen LogP contribution in [0.5, 0.6) is 0 Å². The molecule has 0 amide bonds. The van der Waals surface area contributed by atoms with E-state index in [1.54, 1.807) is 6.20 Å². The smallest absolute Gasteiger partial charge is 0.167 e. The Kier molecular flexibility index (Phi) is 2.02. The van der Waals surface area contributed by atoms with Crippen LogP contribution in [0.15, 0.2) is 18.5 Å². The third-order valence-corrected chi connectivity index (χ3v) is 3.12. The zero-order valence-corrected chi connectivity index (χ0v) is 9.00. The maximum Gasteiger partial charge on any atom is 0.167 e. The number of aromatic amines is 1. The molecule has 14 heavy (non-hydrogen) atoms. The summed E-state index contributed by atoms with van der Waals surface area (Å²) in [6, 6.07) is 1.86. The van der Waals surface area contributed by atoms with Crippen LogP contribution in [-0.4, -0.2) is 10.8 Å². The lowest BCUT2D eigenvalue weighted by molar-refractivity contribution is 0.0949. The molecule has 2 heteroatoms. The van der Waals surface area contributed by atoms with Crippen molar-refractivity contribution in [2.75, 3.05) is 0 Å². The van der Waals surface area contributed by atoms with Gasteiger partial charge < -0.3 is 4.98 Å². The lowest BCUT2D eigenvalue weighted by atomic mass is 9.88. The van der Waals surface area contributed by atoms with Crippen molar-refractivity contribution in [3.8, 4) is 0 Å². The third-order valence-electron chi connectivity index (χ3n) is 3.12. The van der Waals surface area contributed by atoms with E-state index in [9.17, 15) is 4.79 Å². The van der Waals surface area contributed by atoms with Gasteiger partial charge in [-0.2, -0.15) is 0 Å². The van der Waals surface area contributed by atoms with Crippen LogP contribution in [0, 0.1) is 17.3 Å². The molecule has 1 N–H and O–H groups in total. The first-order valence-corrected chi connectivity index (χ1v) is 5.17. The Morgan fingerprint density at radius 2 is 2.21 bits per heavy atom. The summed E-state index contributed by atoms with van der Waals surface area (Å²) in [5.74, 6) is 1.15. The topological polar surface area (TPSA) is 32.9 Å². The highest BCUT2D eigenvalue weighted by atomic mass is 16.1. The van der Waals surface area contributed by atoms with Gasteiger partial charge in [0, 0.05) is 23.9 Å². The molecular formula is C12H17NO. The van der Waals surface area contributed by atoms with E-state index in [0.717, 1.165) is 12.0 Å². The van der Waals surface area contributed by atoms with Gasteiger partial charge in [-0.25, -0.2) is 0 Å². The Labute approximate surface area is 84.7 Å². The fourth-order valence-electron chi connectivity index (χ4n) is 2.13. The van der Waals surface area contributed by atoms with Crippen LogP contribution in [0.4, 0.5) is 0 Å². The quantitative estimate of drug-likeness (QED) is 0.716. The minimum absolute atomic E-state index is 0.269. The molecule has 1 fully saturated rings. The molecule has 1 aliphatic rings. The Balaban J connectivity index is 2.04. The summed E-state index contributed by atoms with van der Waals surface area (Å²) in [6.07, 6.45) is 4.66. The van der Waals surface area contributed by atoms with Gasteiger partial charge >= 0.3 is 0 Å². The van der Waals surface area contributed by atoms with E-state index in [2.05, 4.69) is 25.8 Å². The van der Waals surface area contributed by atoms with Gasteiger partial charge in [-0.15, -0.1) is 0 Å². The predicted molar refractivity (Wildman–Crippen MR) is 56.2 cm³/mol. The largest absolute Gasteiger partial charge is 0.367 e. The molecule has 1 aliphatic carbocycles. The highest BCUT2D eigenvalue weighted by Crippen LogP contribution is 2.51. The Morgan fingerprint density at radius 3 is 2.64 bits per heavy atom. The molecule has 1 heterocycles. The highest BCUT2D eigenvalue weighted by Gasteiger charge is 2.49. The van der Waals surface area contributed by atoms with Gasteiger partial charge in [0.25, 0.3) is 0 Å². The maximum absolute atomic E-state index is 11.9. The van der Waals surface area contributed by atoms with E-state index in [0.29, 0.717) is 11.7 Å². The fraction of sp³-hybridized carbons (Fsp3) is 0.583. The average molecular weight is 191 g/mol. The first-order chi connectivity index (χ1) is 6.50. The maximum atomic E-state index is 11.9. The van der Waals surface area contributed by atoms with Gasteiger partial charge in [-0.3, -0.25) is 4.79 Å². The summed E-state index contributed by atoms with van der Waals surface area (Å²) in [5, 5.41) is 0. The third kappa shape index (κ3) is 1.61. The zero-order valence-electron chi connectivity index (χ0n) is 9.00. The molecule has 2 nitrogen and oxygen atoms in total. The summed E-state index contributed by atoms with van der Waals surface area (Å²) in [5.41, 5.74) is 1.11. The van der Waals surface area contributed by atoms with E-state index in [1.807, 2.05) is 12.3 Å². The summed E-state index contributed by atoms with van der Waals surface area (Å²) in [6.45, 7) is 6.63. The van der Waals surface area contributed by atoms with Crippen molar-refractivity contribution in [3.63, 3.8) is 0 Å². The van der Waals surface area contributed by atoms with Crippen molar-refractivity contribution in [1.82, 2.24) is 4.98 Å². The van der Waals surface area contributed by atoms with Gasteiger partial charge in [0.2, 0.25) is 0 Å². The van der Waals surface area contributed by atoms with Crippen LogP contribution in [-0.2, 0) is 0 Å². The molecule has 2 atom stereocenters. The number of Topliss-reactive ketones (excluding diaryl/α,β-unsaturated/α-hetero) is 1. The van der Waals surface area contributed by atoms with E-state index < -0.39 is 0 Å². The molecule has 0 bridgehead atoms.